The van der Waals surface area contributed by atoms with Crippen LogP contribution < -0.4 is 0 Å². The fraction of sp³-hybridized carbons (Fsp3) is 0.714. The Morgan fingerprint density at radius 2 is 1.42 bits per heavy atom. The largest absolute Gasteiger partial charge is 0.481 e. The second kappa shape index (κ2) is 11.5. The standard InChI is InChI=1S/C3H4O4.2C2H5.Ba/c4-2(5)1-3(6)7;2*1-2;/h1H2,(H,4,5)(H,6,7);2*1H2,2H3;. The molecule has 0 aromatic carbocycles. The summed E-state index contributed by atoms with van der Waals surface area (Å²) in [7, 11) is 0. The average Bonchev–Trinajstić information content (AvgIpc) is 1.87. The first kappa shape index (κ1) is 15.0. The minimum atomic E-state index is -1.31. The summed E-state index contributed by atoms with van der Waals surface area (Å²) in [5.74, 6) is -2.62. The molecule has 0 aliphatic carbocycles. The zero-order valence-electron chi connectivity index (χ0n) is 7.54. The molecule has 0 spiro atoms. The molecule has 0 aromatic rings. The van der Waals surface area contributed by atoms with Gasteiger partial charge in [0.1, 0.15) is 6.42 Å². The van der Waals surface area contributed by atoms with E-state index in [9.17, 15) is 9.59 Å². The molecule has 0 atom stereocenters. The Balaban J connectivity index is 0. The number of carboxylic acid groups (broad SMARTS) is 2. The number of carboxylic acids is 2. The van der Waals surface area contributed by atoms with E-state index < -0.39 is 18.4 Å². The summed E-state index contributed by atoms with van der Waals surface area (Å²) in [6.45, 7) is 4.62. The van der Waals surface area contributed by atoms with E-state index in [4.69, 9.17) is 10.2 Å². The Kier molecular flexibility index (Phi) is 14.4. The molecule has 0 aliphatic heterocycles. The SMILES string of the molecule is C[CH2][Ba][CH2]C.O=C(O)CC(=O)O. The van der Waals surface area contributed by atoms with Gasteiger partial charge in [-0.25, -0.2) is 0 Å². The van der Waals surface area contributed by atoms with E-state index in [0.717, 1.165) is 0 Å². The van der Waals surface area contributed by atoms with Crippen molar-refractivity contribution < 1.29 is 19.8 Å². The third kappa shape index (κ3) is 22.4. The minimum absolute atomic E-state index is 0.142. The van der Waals surface area contributed by atoms with Crippen LogP contribution in [0.5, 0.6) is 0 Å². The first-order chi connectivity index (χ1) is 5.54. The Morgan fingerprint density at radius 1 is 1.08 bits per heavy atom. The van der Waals surface area contributed by atoms with Crippen molar-refractivity contribution in [2.24, 2.45) is 0 Å². The van der Waals surface area contributed by atoms with Crippen molar-refractivity contribution in [2.45, 2.75) is 22.0 Å². The van der Waals surface area contributed by atoms with Crippen LogP contribution in [0.4, 0.5) is 0 Å². The van der Waals surface area contributed by atoms with Gasteiger partial charge in [0.25, 0.3) is 0 Å². The number of rotatable bonds is 4. The van der Waals surface area contributed by atoms with Gasteiger partial charge in [-0.3, -0.25) is 9.59 Å². The van der Waals surface area contributed by atoms with Gasteiger partial charge in [0, 0.05) is 0 Å². The molecule has 4 nitrogen and oxygen atoms in total. The van der Waals surface area contributed by atoms with Gasteiger partial charge >= 0.3 is 71.8 Å². The second-order valence-corrected chi connectivity index (χ2v) is 10.8. The third-order valence-electron chi connectivity index (χ3n) is 1.01. The molecule has 68 valence electrons. The molecule has 0 rings (SSSR count). The Labute approximate surface area is 96.7 Å². The number of hydrogen-bond acceptors (Lipinski definition) is 2. The quantitative estimate of drug-likeness (QED) is 0.602. The van der Waals surface area contributed by atoms with Gasteiger partial charge in [-0.15, -0.1) is 0 Å². The van der Waals surface area contributed by atoms with Crippen LogP contribution in [0.1, 0.15) is 20.3 Å². The zero-order chi connectivity index (χ0) is 9.98. The average molecular weight is 300 g/mol. The topological polar surface area (TPSA) is 74.6 Å². The Bertz CT molecular complexity index is 121. The van der Waals surface area contributed by atoms with Crippen LogP contribution in [0.25, 0.3) is 0 Å². The maximum atomic E-state index is 9.43. The predicted molar refractivity (Wildman–Crippen MR) is 46.6 cm³/mol. The molecular weight excluding hydrogens is 285 g/mol. The normalized spacial score (nSPS) is 7.50. The summed E-state index contributed by atoms with van der Waals surface area (Å²) >= 11 is -0.142. The molecule has 0 saturated carbocycles. The van der Waals surface area contributed by atoms with E-state index in [-0.39, 0.29) is 44.2 Å². The molecule has 0 fully saturated rings. The summed E-state index contributed by atoms with van der Waals surface area (Å²) in [6.07, 6.45) is -0.806. The monoisotopic (exact) mass is 300 g/mol. The molecule has 0 unspecified atom stereocenters. The van der Waals surface area contributed by atoms with Crippen LogP contribution in [-0.2, 0) is 9.59 Å². The van der Waals surface area contributed by atoms with E-state index in [0.29, 0.717) is 0 Å². The zero-order valence-corrected chi connectivity index (χ0v) is 12.0. The molecule has 0 heterocycles. The van der Waals surface area contributed by atoms with E-state index >= 15 is 0 Å². The summed E-state index contributed by atoms with van der Waals surface area (Å²) in [5.41, 5.74) is 0. The van der Waals surface area contributed by atoms with Crippen LogP contribution in [-0.4, -0.2) is 66.3 Å². The smallest absolute Gasteiger partial charge is 0.314 e. The maximum Gasteiger partial charge on any atom is 0.314 e. The molecule has 0 radical (unpaired) electrons. The molecule has 5 heteroatoms. The fourth-order valence-electron chi connectivity index (χ4n) is 0.483. The third-order valence-corrected chi connectivity index (χ3v) is 5.45. The molecule has 12 heavy (non-hydrogen) atoms. The first-order valence-corrected chi connectivity index (χ1v) is 10.3. The maximum absolute atomic E-state index is 9.43. The summed E-state index contributed by atoms with van der Waals surface area (Å²) in [4.78, 5) is 18.9. The number of carbonyl (C=O) groups is 2. The Morgan fingerprint density at radius 3 is 1.42 bits per heavy atom. The van der Waals surface area contributed by atoms with Crippen molar-refractivity contribution in [3.8, 4) is 0 Å². The van der Waals surface area contributed by atoms with Gasteiger partial charge in [-0.1, -0.05) is 0 Å². The molecule has 0 bridgehead atoms. The number of hydrogen-bond donors (Lipinski definition) is 2. The molecule has 0 aromatic heterocycles. The predicted octanol–water partition coefficient (Wildman–Crippen LogP) is 1.11. The van der Waals surface area contributed by atoms with E-state index in [1.807, 2.05) is 0 Å². The molecular formula is C7H14BaO4. The van der Waals surface area contributed by atoms with Gasteiger partial charge in [0.2, 0.25) is 0 Å². The van der Waals surface area contributed by atoms with Crippen molar-refractivity contribution in [2.75, 3.05) is 0 Å². The van der Waals surface area contributed by atoms with E-state index in [1.165, 1.54) is 0 Å². The molecule has 0 saturated heterocycles. The molecule has 0 amide bonds. The summed E-state index contributed by atoms with van der Waals surface area (Å²) < 4.78 is 3.13. The van der Waals surface area contributed by atoms with Gasteiger partial charge in [-0.2, -0.15) is 0 Å². The fourth-order valence-corrected chi connectivity index (χ4v) is 2.70. The van der Waals surface area contributed by atoms with Crippen molar-refractivity contribution in [1.82, 2.24) is 0 Å². The number of aliphatic carboxylic acids is 2. The van der Waals surface area contributed by atoms with Crippen molar-refractivity contribution in [3.63, 3.8) is 0 Å². The van der Waals surface area contributed by atoms with Crippen molar-refractivity contribution in [1.29, 1.82) is 0 Å². The van der Waals surface area contributed by atoms with Crippen LogP contribution >= 0.6 is 0 Å². The van der Waals surface area contributed by atoms with Gasteiger partial charge < -0.3 is 10.2 Å². The second-order valence-electron chi connectivity index (χ2n) is 2.32. The van der Waals surface area contributed by atoms with Crippen LogP contribution in [0.3, 0.4) is 0 Å². The first-order valence-electron chi connectivity index (χ1n) is 3.98. The van der Waals surface area contributed by atoms with Gasteiger partial charge in [0.05, 0.1) is 0 Å². The van der Waals surface area contributed by atoms with Gasteiger partial charge in [-0.05, 0) is 0 Å². The minimum Gasteiger partial charge on any atom is -0.481 e. The molecule has 2 N–H and O–H groups in total. The van der Waals surface area contributed by atoms with Crippen molar-refractivity contribution in [3.05, 3.63) is 0 Å². The van der Waals surface area contributed by atoms with Gasteiger partial charge in [0.15, 0.2) is 0 Å². The summed E-state index contributed by atoms with van der Waals surface area (Å²) in [5, 5.41) is 15.4. The Hall–Kier alpha value is 0.511. The van der Waals surface area contributed by atoms with Crippen LogP contribution in [0, 0.1) is 0 Å². The van der Waals surface area contributed by atoms with E-state index in [2.05, 4.69) is 13.8 Å². The van der Waals surface area contributed by atoms with Crippen LogP contribution in [0.2, 0.25) is 1.78 Å². The van der Waals surface area contributed by atoms with Crippen molar-refractivity contribution >= 4 is 56.1 Å². The van der Waals surface area contributed by atoms with E-state index in [1.54, 1.807) is 1.78 Å². The van der Waals surface area contributed by atoms with Crippen LogP contribution in [0.15, 0.2) is 0 Å². The molecule has 0 aliphatic rings. The summed E-state index contributed by atoms with van der Waals surface area (Å²) in [6, 6.07) is 0.